The fraction of sp³-hybridized carbons (Fsp3) is 0.320. The second-order valence-electron chi connectivity index (χ2n) is 8.64. The van der Waals surface area contributed by atoms with Crippen molar-refractivity contribution < 1.29 is 14.3 Å². The maximum absolute atomic E-state index is 13.3. The molecule has 4 aromatic rings. The average molecular weight is 491 g/mol. The summed E-state index contributed by atoms with van der Waals surface area (Å²) in [5.74, 6) is -0.582. The number of benzene rings is 1. The van der Waals surface area contributed by atoms with Crippen LogP contribution in [0.25, 0.3) is 10.9 Å². The van der Waals surface area contributed by atoms with Gasteiger partial charge in [0.25, 0.3) is 0 Å². The van der Waals surface area contributed by atoms with Crippen LogP contribution in [0.2, 0.25) is 0 Å². The number of carbonyl (C=O) groups excluding carboxylic acids is 2. The number of likely N-dealkylation sites (tertiary alicyclic amines) is 1. The average Bonchev–Trinajstić information content (AvgIpc) is 3.62. The number of pyridine rings is 1. The highest BCUT2D eigenvalue weighted by Crippen LogP contribution is 2.30. The van der Waals surface area contributed by atoms with Gasteiger partial charge in [0.1, 0.15) is 0 Å². The van der Waals surface area contributed by atoms with E-state index in [1.54, 1.807) is 22.2 Å². The topological polar surface area (TPSA) is 102 Å². The first-order valence-electron chi connectivity index (χ1n) is 11.4. The fourth-order valence-corrected chi connectivity index (χ4v) is 5.36. The first-order valence-corrected chi connectivity index (χ1v) is 12.2. The number of aromatic nitrogens is 4. The Kier molecular flexibility index (Phi) is 6.56. The van der Waals surface area contributed by atoms with E-state index >= 15 is 0 Å². The standard InChI is InChI=1S/C25H26N6O3S/c1-16-7-10-20(35-16)14-30-13-19(31-15-22(28-29-31)25(33)34-2)11-23(30)24(32)26-12-18-9-8-17-5-3-4-6-21(17)27-18/h3-10,15,19,23H,11-14H2,1-2H3,(H,26,32)/t19-,23+/m1/s1. The Hall–Kier alpha value is -3.63. The van der Waals surface area contributed by atoms with Crippen LogP contribution in [-0.4, -0.2) is 56.5 Å². The van der Waals surface area contributed by atoms with Crippen LogP contribution in [-0.2, 0) is 22.6 Å². The van der Waals surface area contributed by atoms with Crippen molar-refractivity contribution in [1.82, 2.24) is 30.2 Å². The van der Waals surface area contributed by atoms with E-state index in [0.29, 0.717) is 26.1 Å². The van der Waals surface area contributed by atoms with E-state index in [2.05, 4.69) is 44.6 Å². The number of para-hydroxylation sites is 1. The van der Waals surface area contributed by atoms with Crippen LogP contribution >= 0.6 is 11.3 Å². The van der Waals surface area contributed by atoms with E-state index in [4.69, 9.17) is 4.74 Å². The molecule has 180 valence electrons. The molecule has 0 unspecified atom stereocenters. The second kappa shape index (κ2) is 9.93. The Bertz CT molecular complexity index is 1370. The molecule has 35 heavy (non-hydrogen) atoms. The smallest absolute Gasteiger partial charge is 0.360 e. The van der Waals surface area contributed by atoms with E-state index in [-0.39, 0.29) is 23.7 Å². The van der Waals surface area contributed by atoms with Gasteiger partial charge in [-0.2, -0.15) is 0 Å². The van der Waals surface area contributed by atoms with Gasteiger partial charge in [0.2, 0.25) is 5.91 Å². The Morgan fingerprint density at radius 3 is 2.83 bits per heavy atom. The molecule has 0 aliphatic carbocycles. The van der Waals surface area contributed by atoms with Gasteiger partial charge in [0, 0.05) is 28.2 Å². The molecule has 1 aliphatic rings. The Morgan fingerprint density at radius 1 is 1.17 bits per heavy atom. The minimum atomic E-state index is -0.530. The zero-order valence-corrected chi connectivity index (χ0v) is 20.4. The zero-order chi connectivity index (χ0) is 24.4. The number of fused-ring (bicyclic) bond motifs is 1. The molecular formula is C25H26N6O3S. The lowest BCUT2D eigenvalue weighted by Crippen LogP contribution is -2.42. The summed E-state index contributed by atoms with van der Waals surface area (Å²) < 4.78 is 6.40. The van der Waals surface area contributed by atoms with Crippen LogP contribution in [0.1, 0.15) is 38.4 Å². The number of ether oxygens (including phenoxy) is 1. The summed E-state index contributed by atoms with van der Waals surface area (Å²) in [6.45, 7) is 3.71. The fourth-order valence-electron chi connectivity index (χ4n) is 4.44. The van der Waals surface area contributed by atoms with Crippen LogP contribution in [0.5, 0.6) is 0 Å². The van der Waals surface area contributed by atoms with Crippen molar-refractivity contribution in [2.45, 2.75) is 38.5 Å². The Balaban J connectivity index is 1.31. The third-order valence-electron chi connectivity index (χ3n) is 6.22. The minimum Gasteiger partial charge on any atom is -0.464 e. The number of hydrogen-bond donors (Lipinski definition) is 1. The predicted molar refractivity (Wildman–Crippen MR) is 132 cm³/mol. The molecule has 9 nitrogen and oxygen atoms in total. The third kappa shape index (κ3) is 5.08. The molecule has 10 heteroatoms. The monoisotopic (exact) mass is 490 g/mol. The van der Waals surface area contributed by atoms with E-state index < -0.39 is 5.97 Å². The summed E-state index contributed by atoms with van der Waals surface area (Å²) in [7, 11) is 1.31. The van der Waals surface area contributed by atoms with Crippen molar-refractivity contribution >= 4 is 34.1 Å². The maximum atomic E-state index is 13.3. The summed E-state index contributed by atoms with van der Waals surface area (Å²) in [6, 6.07) is 15.6. The Morgan fingerprint density at radius 2 is 2.03 bits per heavy atom. The van der Waals surface area contributed by atoms with Crippen LogP contribution in [0.4, 0.5) is 0 Å². The lowest BCUT2D eigenvalue weighted by Gasteiger charge is -2.22. The van der Waals surface area contributed by atoms with Gasteiger partial charge in [-0.1, -0.05) is 29.5 Å². The molecule has 0 saturated carbocycles. The molecule has 1 N–H and O–H groups in total. The van der Waals surface area contributed by atoms with E-state index in [1.165, 1.54) is 16.9 Å². The molecule has 1 amide bonds. The van der Waals surface area contributed by atoms with Gasteiger partial charge in [0.15, 0.2) is 5.69 Å². The number of nitrogens with zero attached hydrogens (tertiary/aromatic N) is 5. The van der Waals surface area contributed by atoms with Crippen molar-refractivity contribution in [2.75, 3.05) is 13.7 Å². The van der Waals surface area contributed by atoms with Gasteiger partial charge in [-0.05, 0) is 37.6 Å². The zero-order valence-electron chi connectivity index (χ0n) is 19.5. The van der Waals surface area contributed by atoms with Gasteiger partial charge in [-0.3, -0.25) is 14.7 Å². The van der Waals surface area contributed by atoms with Gasteiger partial charge >= 0.3 is 5.97 Å². The van der Waals surface area contributed by atoms with Crippen molar-refractivity contribution in [2.24, 2.45) is 0 Å². The molecule has 3 aromatic heterocycles. The molecule has 0 spiro atoms. The summed E-state index contributed by atoms with van der Waals surface area (Å²) in [5.41, 5.74) is 1.87. The van der Waals surface area contributed by atoms with E-state index in [0.717, 1.165) is 16.6 Å². The second-order valence-corrected chi connectivity index (χ2v) is 10.0. The van der Waals surface area contributed by atoms with Crippen molar-refractivity contribution in [3.05, 3.63) is 75.9 Å². The number of thiophene rings is 1. The van der Waals surface area contributed by atoms with Gasteiger partial charge < -0.3 is 10.1 Å². The summed E-state index contributed by atoms with van der Waals surface area (Å²) in [6.07, 6.45) is 2.15. The van der Waals surface area contributed by atoms with Crippen LogP contribution in [0.3, 0.4) is 0 Å². The molecule has 1 aliphatic heterocycles. The molecule has 0 bridgehead atoms. The number of methoxy groups -OCH3 is 1. The molecule has 1 aromatic carbocycles. The molecular weight excluding hydrogens is 464 g/mol. The quantitative estimate of drug-likeness (QED) is 0.397. The normalized spacial score (nSPS) is 18.1. The number of carbonyl (C=O) groups is 2. The highest BCUT2D eigenvalue weighted by molar-refractivity contribution is 7.11. The van der Waals surface area contributed by atoms with Crippen molar-refractivity contribution in [3.63, 3.8) is 0 Å². The highest BCUT2D eigenvalue weighted by Gasteiger charge is 2.38. The number of hydrogen-bond acceptors (Lipinski definition) is 8. The number of nitrogens with one attached hydrogen (secondary N) is 1. The predicted octanol–water partition coefficient (Wildman–Crippen LogP) is 3.11. The Labute approximate surface area is 206 Å². The van der Waals surface area contributed by atoms with Gasteiger partial charge in [-0.15, -0.1) is 16.4 Å². The summed E-state index contributed by atoms with van der Waals surface area (Å²) >= 11 is 1.73. The van der Waals surface area contributed by atoms with E-state index in [1.807, 2.05) is 36.4 Å². The first kappa shape index (κ1) is 23.1. The highest BCUT2D eigenvalue weighted by atomic mass is 32.1. The molecule has 1 fully saturated rings. The van der Waals surface area contributed by atoms with Crippen molar-refractivity contribution in [1.29, 1.82) is 0 Å². The van der Waals surface area contributed by atoms with Crippen LogP contribution < -0.4 is 5.32 Å². The number of esters is 1. The number of aryl methyl sites for hydroxylation is 1. The van der Waals surface area contributed by atoms with Crippen molar-refractivity contribution in [3.8, 4) is 0 Å². The first-order chi connectivity index (χ1) is 17.0. The lowest BCUT2D eigenvalue weighted by atomic mass is 10.1. The van der Waals surface area contributed by atoms with Gasteiger partial charge in [-0.25, -0.2) is 9.48 Å². The summed E-state index contributed by atoms with van der Waals surface area (Å²) in [4.78, 5) is 34.4. The molecule has 4 heterocycles. The maximum Gasteiger partial charge on any atom is 0.360 e. The molecule has 0 radical (unpaired) electrons. The molecule has 2 atom stereocenters. The largest absolute Gasteiger partial charge is 0.464 e. The molecule has 1 saturated heterocycles. The van der Waals surface area contributed by atoms with E-state index in [9.17, 15) is 9.59 Å². The lowest BCUT2D eigenvalue weighted by molar-refractivity contribution is -0.125. The van der Waals surface area contributed by atoms with Crippen LogP contribution in [0, 0.1) is 6.92 Å². The SMILES string of the molecule is COC(=O)c1cn([C@@H]2C[C@@H](C(=O)NCc3ccc4ccccc4n3)N(Cc3ccc(C)s3)C2)nn1. The number of amides is 1. The third-order valence-corrected chi connectivity index (χ3v) is 7.20. The number of rotatable bonds is 7. The summed E-state index contributed by atoms with van der Waals surface area (Å²) in [5, 5.41) is 12.2. The minimum absolute atomic E-state index is 0.0518. The van der Waals surface area contributed by atoms with Gasteiger partial charge in [0.05, 0.1) is 43.1 Å². The van der Waals surface area contributed by atoms with Crippen LogP contribution in [0.15, 0.2) is 54.7 Å². The molecule has 5 rings (SSSR count).